The van der Waals surface area contributed by atoms with Crippen LogP contribution in [0.5, 0.6) is 11.5 Å². The molecule has 0 unspecified atom stereocenters. The van der Waals surface area contributed by atoms with Gasteiger partial charge in [-0.05, 0) is 46.3 Å². The maximum Gasteiger partial charge on any atom is 0.253 e. The summed E-state index contributed by atoms with van der Waals surface area (Å²) in [6.45, 7) is 0.237. The molecule has 0 radical (unpaired) electrons. The number of benzene rings is 2. The normalized spacial score (nSPS) is 9.52. The number of methoxy groups -OCH3 is 2. The predicted octanol–water partition coefficient (Wildman–Crippen LogP) is 3.25. The molecule has 0 saturated heterocycles. The van der Waals surface area contributed by atoms with Gasteiger partial charge < -0.3 is 14.8 Å². The first-order chi connectivity index (χ1) is 11.2. The average molecular weight is 374 g/mol. The standard InChI is InChI=1S/C18H16BrNO3/c1-22-14-9-10-16(19)15(12-14)18(21)20-11-5-7-13-6-3-4-8-17(13)23-2/h3-4,6,8-10,12H,11H2,1-2H3,(H,20,21). The number of nitrogens with one attached hydrogen (secondary N) is 1. The highest BCUT2D eigenvalue weighted by Crippen LogP contribution is 2.22. The fourth-order valence-electron chi connectivity index (χ4n) is 1.91. The Kier molecular flexibility index (Phi) is 6.07. The fraction of sp³-hybridized carbons (Fsp3) is 0.167. The zero-order valence-corrected chi connectivity index (χ0v) is 14.4. The highest BCUT2D eigenvalue weighted by Gasteiger charge is 2.10. The summed E-state index contributed by atoms with van der Waals surface area (Å²) in [6, 6.07) is 12.7. The number of carbonyl (C=O) groups is 1. The van der Waals surface area contributed by atoms with Crippen molar-refractivity contribution in [2.75, 3.05) is 20.8 Å². The van der Waals surface area contributed by atoms with Gasteiger partial charge in [0.15, 0.2) is 0 Å². The molecule has 0 aliphatic carbocycles. The number of ether oxygens (including phenoxy) is 2. The molecule has 2 aromatic rings. The van der Waals surface area contributed by atoms with E-state index in [0.29, 0.717) is 21.5 Å². The highest BCUT2D eigenvalue weighted by molar-refractivity contribution is 9.10. The molecule has 1 amide bonds. The first-order valence-corrected chi connectivity index (χ1v) is 7.68. The lowest BCUT2D eigenvalue weighted by atomic mass is 10.2. The van der Waals surface area contributed by atoms with Gasteiger partial charge in [-0.15, -0.1) is 0 Å². The zero-order chi connectivity index (χ0) is 16.7. The molecule has 0 aliphatic rings. The van der Waals surface area contributed by atoms with Crippen molar-refractivity contribution < 1.29 is 14.3 Å². The molecule has 0 heterocycles. The minimum atomic E-state index is -0.217. The van der Waals surface area contributed by atoms with E-state index in [0.717, 1.165) is 5.56 Å². The Morgan fingerprint density at radius 3 is 2.70 bits per heavy atom. The van der Waals surface area contributed by atoms with Crippen LogP contribution in [0.15, 0.2) is 46.9 Å². The summed E-state index contributed by atoms with van der Waals surface area (Å²) in [5.41, 5.74) is 1.29. The predicted molar refractivity (Wildman–Crippen MR) is 92.9 cm³/mol. The van der Waals surface area contributed by atoms with E-state index in [1.54, 1.807) is 32.4 Å². The largest absolute Gasteiger partial charge is 0.497 e. The van der Waals surface area contributed by atoms with Crippen LogP contribution in [0.1, 0.15) is 15.9 Å². The van der Waals surface area contributed by atoms with E-state index in [-0.39, 0.29) is 12.5 Å². The third kappa shape index (κ3) is 4.51. The Morgan fingerprint density at radius 2 is 1.96 bits per heavy atom. The van der Waals surface area contributed by atoms with E-state index in [2.05, 4.69) is 33.1 Å². The number of amides is 1. The maximum atomic E-state index is 12.2. The molecule has 0 fully saturated rings. The monoisotopic (exact) mass is 373 g/mol. The van der Waals surface area contributed by atoms with Gasteiger partial charge in [-0.25, -0.2) is 0 Å². The number of hydrogen-bond donors (Lipinski definition) is 1. The summed E-state index contributed by atoms with van der Waals surface area (Å²) in [4.78, 5) is 12.2. The number of halogens is 1. The fourth-order valence-corrected chi connectivity index (χ4v) is 2.34. The van der Waals surface area contributed by atoms with Crippen molar-refractivity contribution in [1.29, 1.82) is 0 Å². The summed E-state index contributed by atoms with van der Waals surface area (Å²) < 4.78 is 11.1. The Hall–Kier alpha value is -2.45. The van der Waals surface area contributed by atoms with Crippen LogP contribution in [0, 0.1) is 11.8 Å². The van der Waals surface area contributed by atoms with E-state index in [9.17, 15) is 4.79 Å². The van der Waals surface area contributed by atoms with Crippen molar-refractivity contribution in [3.63, 3.8) is 0 Å². The van der Waals surface area contributed by atoms with Gasteiger partial charge in [-0.3, -0.25) is 4.79 Å². The molecule has 23 heavy (non-hydrogen) atoms. The minimum Gasteiger partial charge on any atom is -0.497 e. The molecule has 1 N–H and O–H groups in total. The van der Waals surface area contributed by atoms with Crippen molar-refractivity contribution in [2.24, 2.45) is 0 Å². The van der Waals surface area contributed by atoms with E-state index in [1.165, 1.54) is 0 Å². The van der Waals surface area contributed by atoms with Crippen molar-refractivity contribution in [2.45, 2.75) is 0 Å². The molecule has 0 aromatic heterocycles. The van der Waals surface area contributed by atoms with Crippen LogP contribution in [0.3, 0.4) is 0 Å². The number of para-hydroxylation sites is 1. The quantitative estimate of drug-likeness (QED) is 0.836. The van der Waals surface area contributed by atoms with Crippen LogP contribution < -0.4 is 14.8 Å². The van der Waals surface area contributed by atoms with Crippen LogP contribution in [-0.2, 0) is 0 Å². The minimum absolute atomic E-state index is 0.217. The number of rotatable bonds is 4. The second-order valence-corrected chi connectivity index (χ2v) is 5.38. The molecule has 0 aliphatic heterocycles. The van der Waals surface area contributed by atoms with Crippen molar-refractivity contribution in [3.05, 3.63) is 58.1 Å². The molecule has 0 spiro atoms. The van der Waals surface area contributed by atoms with Gasteiger partial charge in [-0.1, -0.05) is 24.0 Å². The molecule has 4 nitrogen and oxygen atoms in total. The molecular weight excluding hydrogens is 358 g/mol. The summed E-state index contributed by atoms with van der Waals surface area (Å²) >= 11 is 3.36. The average Bonchev–Trinajstić information content (AvgIpc) is 2.59. The van der Waals surface area contributed by atoms with Gasteiger partial charge in [0.05, 0.1) is 31.9 Å². The lowest BCUT2D eigenvalue weighted by Gasteiger charge is -2.06. The molecule has 2 aromatic carbocycles. The van der Waals surface area contributed by atoms with E-state index in [4.69, 9.17) is 9.47 Å². The summed E-state index contributed by atoms with van der Waals surface area (Å²) in [5, 5.41) is 2.76. The van der Waals surface area contributed by atoms with Crippen LogP contribution in [-0.4, -0.2) is 26.7 Å². The van der Waals surface area contributed by atoms with Gasteiger partial charge in [0.2, 0.25) is 0 Å². The Morgan fingerprint density at radius 1 is 1.17 bits per heavy atom. The first-order valence-electron chi connectivity index (χ1n) is 6.89. The van der Waals surface area contributed by atoms with Gasteiger partial charge in [0, 0.05) is 4.47 Å². The third-order valence-corrected chi connectivity index (χ3v) is 3.78. The molecular formula is C18H16BrNO3. The molecule has 0 atom stereocenters. The smallest absolute Gasteiger partial charge is 0.253 e. The first kappa shape index (κ1) is 16.9. The van der Waals surface area contributed by atoms with Crippen molar-refractivity contribution >= 4 is 21.8 Å². The highest BCUT2D eigenvalue weighted by atomic mass is 79.9. The van der Waals surface area contributed by atoms with Crippen LogP contribution in [0.4, 0.5) is 0 Å². The van der Waals surface area contributed by atoms with Crippen molar-refractivity contribution in [1.82, 2.24) is 5.32 Å². The van der Waals surface area contributed by atoms with Crippen molar-refractivity contribution in [3.8, 4) is 23.3 Å². The zero-order valence-electron chi connectivity index (χ0n) is 12.9. The van der Waals surface area contributed by atoms with Gasteiger partial charge >= 0.3 is 0 Å². The lowest BCUT2D eigenvalue weighted by molar-refractivity contribution is 0.0957. The molecule has 118 valence electrons. The summed E-state index contributed by atoms with van der Waals surface area (Å²) in [6.07, 6.45) is 0. The number of hydrogen-bond acceptors (Lipinski definition) is 3. The second kappa shape index (κ2) is 8.25. The summed E-state index contributed by atoms with van der Waals surface area (Å²) in [7, 11) is 3.16. The Balaban J connectivity index is 2.02. The molecule has 2 rings (SSSR count). The maximum absolute atomic E-state index is 12.2. The number of carbonyl (C=O) groups excluding carboxylic acids is 1. The van der Waals surface area contributed by atoms with Gasteiger partial charge in [0.1, 0.15) is 11.5 Å². The second-order valence-electron chi connectivity index (χ2n) is 4.53. The van der Waals surface area contributed by atoms with Crippen LogP contribution >= 0.6 is 15.9 Å². The molecule has 0 saturated carbocycles. The molecule has 5 heteroatoms. The van der Waals surface area contributed by atoms with E-state index >= 15 is 0 Å². The van der Waals surface area contributed by atoms with Crippen LogP contribution in [0.2, 0.25) is 0 Å². The molecule has 0 bridgehead atoms. The Bertz CT molecular complexity index is 762. The lowest BCUT2D eigenvalue weighted by Crippen LogP contribution is -2.24. The Labute approximate surface area is 143 Å². The van der Waals surface area contributed by atoms with Crippen LogP contribution in [0.25, 0.3) is 0 Å². The summed E-state index contributed by atoms with van der Waals surface area (Å²) in [5.74, 6) is 7.01. The van der Waals surface area contributed by atoms with Gasteiger partial charge in [-0.2, -0.15) is 0 Å². The third-order valence-electron chi connectivity index (χ3n) is 3.09. The SMILES string of the molecule is COc1ccc(Br)c(C(=O)NCC#Cc2ccccc2OC)c1. The van der Waals surface area contributed by atoms with E-state index < -0.39 is 0 Å². The topological polar surface area (TPSA) is 47.6 Å². The van der Waals surface area contributed by atoms with Gasteiger partial charge in [0.25, 0.3) is 5.91 Å². The van der Waals surface area contributed by atoms with E-state index in [1.807, 2.05) is 24.3 Å².